The molecule has 23 heavy (non-hydrogen) atoms. The number of carbonyl (C=O) groups excluding carboxylic acids is 1. The number of amides is 1. The summed E-state index contributed by atoms with van der Waals surface area (Å²) in [7, 11) is 1.61. The van der Waals surface area contributed by atoms with Crippen molar-refractivity contribution in [2.24, 2.45) is 0 Å². The van der Waals surface area contributed by atoms with Crippen LogP contribution in [0.25, 0.3) is 0 Å². The summed E-state index contributed by atoms with van der Waals surface area (Å²) >= 11 is 11.9. The molecule has 0 aliphatic rings. The van der Waals surface area contributed by atoms with Crippen LogP contribution in [0.3, 0.4) is 0 Å². The minimum absolute atomic E-state index is 0.00825. The highest BCUT2D eigenvalue weighted by Gasteiger charge is 2.15. The number of halogens is 2. The van der Waals surface area contributed by atoms with E-state index in [0.717, 1.165) is 11.3 Å². The smallest absolute Gasteiger partial charge is 0.227 e. The molecule has 0 aliphatic carbocycles. The van der Waals surface area contributed by atoms with Crippen molar-refractivity contribution in [3.8, 4) is 0 Å². The van der Waals surface area contributed by atoms with E-state index in [9.17, 15) is 4.79 Å². The number of benzene rings is 1. The topological polar surface area (TPSA) is 42.4 Å². The Kier molecular flexibility index (Phi) is 6.84. The molecule has 0 spiro atoms. The molecule has 0 radical (unpaired) electrons. The predicted molar refractivity (Wildman–Crippen MR) is 91.7 cm³/mol. The highest BCUT2D eigenvalue weighted by molar-refractivity contribution is 6.42. The van der Waals surface area contributed by atoms with Crippen LogP contribution in [0.5, 0.6) is 0 Å². The van der Waals surface area contributed by atoms with Crippen molar-refractivity contribution in [2.75, 3.05) is 20.3 Å². The fraction of sp³-hybridized carbons (Fsp3) is 0.294. The summed E-state index contributed by atoms with van der Waals surface area (Å²) in [6.45, 7) is 1.43. The van der Waals surface area contributed by atoms with Gasteiger partial charge in [0, 0.05) is 19.9 Å². The Bertz CT molecular complexity index is 650. The highest BCUT2D eigenvalue weighted by Crippen LogP contribution is 2.23. The molecule has 0 bridgehead atoms. The number of aromatic nitrogens is 1. The molecule has 0 fully saturated rings. The number of nitrogens with zero attached hydrogens (tertiary/aromatic N) is 2. The molecule has 1 amide bonds. The maximum Gasteiger partial charge on any atom is 0.227 e. The second-order valence-corrected chi connectivity index (χ2v) is 5.87. The van der Waals surface area contributed by atoms with Crippen LogP contribution in [0.2, 0.25) is 10.0 Å². The van der Waals surface area contributed by atoms with Gasteiger partial charge in [-0.3, -0.25) is 9.78 Å². The van der Waals surface area contributed by atoms with E-state index >= 15 is 0 Å². The molecule has 0 saturated heterocycles. The van der Waals surface area contributed by atoms with Crippen LogP contribution in [0.1, 0.15) is 11.3 Å². The lowest BCUT2D eigenvalue weighted by Crippen LogP contribution is -2.34. The van der Waals surface area contributed by atoms with E-state index in [1.807, 2.05) is 18.2 Å². The van der Waals surface area contributed by atoms with Crippen molar-refractivity contribution in [2.45, 2.75) is 13.0 Å². The van der Waals surface area contributed by atoms with Crippen molar-refractivity contribution in [3.05, 3.63) is 63.9 Å². The lowest BCUT2D eigenvalue weighted by molar-refractivity contribution is -0.131. The van der Waals surface area contributed by atoms with E-state index in [-0.39, 0.29) is 12.3 Å². The van der Waals surface area contributed by atoms with E-state index < -0.39 is 0 Å². The molecule has 1 heterocycles. The van der Waals surface area contributed by atoms with Gasteiger partial charge in [0.15, 0.2) is 0 Å². The van der Waals surface area contributed by atoms with E-state index in [0.29, 0.717) is 29.7 Å². The van der Waals surface area contributed by atoms with Gasteiger partial charge < -0.3 is 9.64 Å². The van der Waals surface area contributed by atoms with Gasteiger partial charge in [-0.25, -0.2) is 0 Å². The van der Waals surface area contributed by atoms with Gasteiger partial charge in [0.25, 0.3) is 0 Å². The average Bonchev–Trinajstić information content (AvgIpc) is 2.55. The van der Waals surface area contributed by atoms with Crippen LogP contribution in [0, 0.1) is 0 Å². The van der Waals surface area contributed by atoms with Gasteiger partial charge in [-0.05, 0) is 29.8 Å². The number of hydrogen-bond acceptors (Lipinski definition) is 3. The normalized spacial score (nSPS) is 10.6. The fourth-order valence-corrected chi connectivity index (χ4v) is 2.44. The third-order valence-electron chi connectivity index (χ3n) is 3.34. The van der Waals surface area contributed by atoms with Crippen LogP contribution in [0.4, 0.5) is 0 Å². The van der Waals surface area contributed by atoms with Crippen molar-refractivity contribution >= 4 is 29.1 Å². The predicted octanol–water partition coefficient (Wildman–Crippen LogP) is 3.61. The molecule has 1 aromatic heterocycles. The number of methoxy groups -OCH3 is 1. The Morgan fingerprint density at radius 3 is 2.70 bits per heavy atom. The Hall–Kier alpha value is -1.62. The summed E-state index contributed by atoms with van der Waals surface area (Å²) in [5.74, 6) is -0.00825. The van der Waals surface area contributed by atoms with Gasteiger partial charge in [-0.1, -0.05) is 35.3 Å². The van der Waals surface area contributed by atoms with Crippen LogP contribution < -0.4 is 0 Å². The standard InChI is InChI=1S/C17H18Cl2N2O2/c1-23-9-8-21(12-14-4-2-3-7-20-14)17(22)11-13-5-6-15(18)16(19)10-13/h2-7,10H,8-9,11-12H2,1H3. The van der Waals surface area contributed by atoms with Crippen LogP contribution in [0.15, 0.2) is 42.6 Å². The Morgan fingerprint density at radius 2 is 2.04 bits per heavy atom. The van der Waals surface area contributed by atoms with Gasteiger partial charge in [0.2, 0.25) is 5.91 Å². The average molecular weight is 353 g/mol. The number of hydrogen-bond donors (Lipinski definition) is 0. The van der Waals surface area contributed by atoms with Crippen LogP contribution in [-0.4, -0.2) is 36.1 Å². The summed E-state index contributed by atoms with van der Waals surface area (Å²) < 4.78 is 5.09. The third-order valence-corrected chi connectivity index (χ3v) is 4.08. The van der Waals surface area contributed by atoms with Crippen LogP contribution in [-0.2, 0) is 22.5 Å². The van der Waals surface area contributed by atoms with E-state index in [2.05, 4.69) is 4.98 Å². The minimum atomic E-state index is -0.00825. The molecule has 0 N–H and O–H groups in total. The lowest BCUT2D eigenvalue weighted by Gasteiger charge is -2.22. The monoisotopic (exact) mass is 352 g/mol. The van der Waals surface area contributed by atoms with Gasteiger partial charge in [-0.2, -0.15) is 0 Å². The molecule has 0 saturated carbocycles. The van der Waals surface area contributed by atoms with Crippen LogP contribution >= 0.6 is 23.2 Å². The molecule has 1 aromatic carbocycles. The molecule has 4 nitrogen and oxygen atoms in total. The SMILES string of the molecule is COCCN(Cc1ccccn1)C(=O)Cc1ccc(Cl)c(Cl)c1. The molecule has 0 aliphatic heterocycles. The first-order valence-electron chi connectivity index (χ1n) is 7.20. The maximum atomic E-state index is 12.6. The van der Waals surface area contributed by atoms with Crippen molar-refractivity contribution in [1.29, 1.82) is 0 Å². The van der Waals surface area contributed by atoms with E-state index in [1.54, 1.807) is 36.4 Å². The van der Waals surface area contributed by atoms with E-state index in [4.69, 9.17) is 27.9 Å². The number of rotatable bonds is 7. The second-order valence-electron chi connectivity index (χ2n) is 5.05. The third kappa shape index (κ3) is 5.50. The van der Waals surface area contributed by atoms with Crippen molar-refractivity contribution < 1.29 is 9.53 Å². The summed E-state index contributed by atoms with van der Waals surface area (Å²) in [4.78, 5) is 18.6. The molecule has 2 rings (SSSR count). The first-order valence-corrected chi connectivity index (χ1v) is 7.96. The summed E-state index contributed by atoms with van der Waals surface area (Å²) in [5.41, 5.74) is 1.67. The zero-order valence-corrected chi connectivity index (χ0v) is 14.3. The zero-order chi connectivity index (χ0) is 16.7. The van der Waals surface area contributed by atoms with Crippen molar-refractivity contribution in [1.82, 2.24) is 9.88 Å². The largest absolute Gasteiger partial charge is 0.383 e. The molecule has 122 valence electrons. The molecular formula is C17H18Cl2N2O2. The van der Waals surface area contributed by atoms with Gasteiger partial charge in [0.05, 0.1) is 35.3 Å². The molecule has 2 aromatic rings. The maximum absolute atomic E-state index is 12.6. The number of carbonyl (C=O) groups is 1. The molecule has 0 atom stereocenters. The number of ether oxygens (including phenoxy) is 1. The minimum Gasteiger partial charge on any atom is -0.383 e. The zero-order valence-electron chi connectivity index (χ0n) is 12.8. The van der Waals surface area contributed by atoms with Gasteiger partial charge in [0.1, 0.15) is 0 Å². The number of pyridine rings is 1. The first-order chi connectivity index (χ1) is 11.1. The molecule has 6 heteroatoms. The molecular weight excluding hydrogens is 335 g/mol. The Balaban J connectivity index is 2.07. The molecule has 0 unspecified atom stereocenters. The highest BCUT2D eigenvalue weighted by atomic mass is 35.5. The van der Waals surface area contributed by atoms with Crippen molar-refractivity contribution in [3.63, 3.8) is 0 Å². The summed E-state index contributed by atoms with van der Waals surface area (Å²) in [6.07, 6.45) is 1.97. The summed E-state index contributed by atoms with van der Waals surface area (Å²) in [6, 6.07) is 10.9. The van der Waals surface area contributed by atoms with Gasteiger partial charge >= 0.3 is 0 Å². The first kappa shape index (κ1) is 17.7. The quantitative estimate of drug-likeness (QED) is 0.764. The Morgan fingerprint density at radius 1 is 1.22 bits per heavy atom. The summed E-state index contributed by atoms with van der Waals surface area (Å²) in [5, 5.41) is 0.928. The second kappa shape index (κ2) is 8.87. The Labute approximate surface area is 146 Å². The lowest BCUT2D eigenvalue weighted by atomic mass is 10.1. The fourth-order valence-electron chi connectivity index (χ4n) is 2.12. The van der Waals surface area contributed by atoms with E-state index in [1.165, 1.54) is 0 Å². The van der Waals surface area contributed by atoms with Gasteiger partial charge in [-0.15, -0.1) is 0 Å².